The van der Waals surface area contributed by atoms with Crippen molar-refractivity contribution in [3.8, 4) is 0 Å². The molecule has 122 valence electrons. The zero-order valence-electron chi connectivity index (χ0n) is 12.2. The van der Waals surface area contributed by atoms with Crippen LogP contribution in [-0.2, 0) is 0 Å². The smallest absolute Gasteiger partial charge is 0.352 e. The van der Waals surface area contributed by atoms with E-state index in [1.807, 2.05) is 0 Å². The Hall–Kier alpha value is -1.24. The quantitative estimate of drug-likeness (QED) is 0.620. The van der Waals surface area contributed by atoms with E-state index in [1.54, 1.807) is 0 Å². The molecule has 0 spiro atoms. The van der Waals surface area contributed by atoms with Crippen LogP contribution in [0.15, 0.2) is 23.4 Å². The van der Waals surface area contributed by atoms with Crippen LogP contribution in [0.3, 0.4) is 0 Å². The average Bonchev–Trinajstić information content (AvgIpc) is 2.95. The van der Waals surface area contributed by atoms with Crippen molar-refractivity contribution < 1.29 is 18.0 Å². The molecule has 22 heavy (non-hydrogen) atoms. The van der Waals surface area contributed by atoms with Gasteiger partial charge in [0.2, 0.25) is 0 Å². The first-order valence-electron chi connectivity index (χ1n) is 7.44. The van der Waals surface area contributed by atoms with Crippen molar-refractivity contribution in [1.82, 2.24) is 10.3 Å². The van der Waals surface area contributed by atoms with Gasteiger partial charge in [-0.25, -0.2) is 4.98 Å². The van der Waals surface area contributed by atoms with E-state index in [2.05, 4.69) is 10.3 Å². The molecule has 0 unspecified atom stereocenters. The zero-order chi connectivity index (χ0) is 16.0. The monoisotopic (exact) mass is 332 g/mol. The van der Waals surface area contributed by atoms with Gasteiger partial charge in [-0.1, -0.05) is 25.7 Å². The Morgan fingerprint density at radius 3 is 2.77 bits per heavy atom. The van der Waals surface area contributed by atoms with Gasteiger partial charge in [0.15, 0.2) is 0 Å². The minimum atomic E-state index is -4.45. The summed E-state index contributed by atoms with van der Waals surface area (Å²) in [5.41, 5.74) is -4.48. The van der Waals surface area contributed by atoms with Gasteiger partial charge in [-0.05, 0) is 30.9 Å². The highest BCUT2D eigenvalue weighted by molar-refractivity contribution is 8.00. The van der Waals surface area contributed by atoms with Crippen LogP contribution in [-0.4, -0.2) is 22.9 Å². The Morgan fingerprint density at radius 1 is 1.36 bits per heavy atom. The van der Waals surface area contributed by atoms with E-state index in [-0.39, 0.29) is 22.4 Å². The second kappa shape index (κ2) is 7.85. The lowest BCUT2D eigenvalue weighted by molar-refractivity contribution is -0.0329. The van der Waals surface area contributed by atoms with Crippen LogP contribution in [0.2, 0.25) is 0 Å². The molecule has 1 heterocycles. The lowest BCUT2D eigenvalue weighted by Crippen LogP contribution is -2.25. The van der Waals surface area contributed by atoms with Gasteiger partial charge in [-0.2, -0.15) is 13.2 Å². The molecule has 2 rings (SSSR count). The number of carbonyl (C=O) groups is 1. The Morgan fingerprint density at radius 2 is 2.09 bits per heavy atom. The maximum Gasteiger partial charge on any atom is 0.447 e. The van der Waals surface area contributed by atoms with Gasteiger partial charge in [0.1, 0.15) is 5.03 Å². The fraction of sp³-hybridized carbons (Fsp3) is 0.600. The van der Waals surface area contributed by atoms with Crippen molar-refractivity contribution in [2.75, 3.05) is 6.54 Å². The molecular formula is C15H19F3N2OS. The van der Waals surface area contributed by atoms with Gasteiger partial charge in [0.25, 0.3) is 5.91 Å². The molecule has 0 aromatic carbocycles. The summed E-state index contributed by atoms with van der Waals surface area (Å²) in [5.74, 6) is 0.248. The lowest BCUT2D eigenvalue weighted by atomic mass is 10.0. The average molecular weight is 332 g/mol. The molecule has 1 aromatic heterocycles. The summed E-state index contributed by atoms with van der Waals surface area (Å²) in [5, 5.41) is 2.39. The van der Waals surface area contributed by atoms with Crippen LogP contribution in [0, 0.1) is 5.92 Å². The molecule has 3 nitrogen and oxygen atoms in total. The Balaban J connectivity index is 1.83. The summed E-state index contributed by atoms with van der Waals surface area (Å²) in [6, 6.07) is 2.83. The summed E-state index contributed by atoms with van der Waals surface area (Å²) in [6.45, 7) is 0.486. The highest BCUT2D eigenvalue weighted by Gasteiger charge is 2.32. The van der Waals surface area contributed by atoms with Crippen LogP contribution in [0.1, 0.15) is 48.9 Å². The van der Waals surface area contributed by atoms with Gasteiger partial charge in [-0.3, -0.25) is 4.79 Å². The maximum absolute atomic E-state index is 12.5. The van der Waals surface area contributed by atoms with E-state index >= 15 is 0 Å². The van der Waals surface area contributed by atoms with Gasteiger partial charge in [0, 0.05) is 24.5 Å². The van der Waals surface area contributed by atoms with Crippen molar-refractivity contribution in [2.45, 2.75) is 49.1 Å². The third-order valence-corrected chi connectivity index (χ3v) is 4.53. The molecule has 0 aliphatic heterocycles. The molecule has 1 aromatic rings. The third kappa shape index (κ3) is 5.51. The molecule has 0 radical (unpaired) electrons. The topological polar surface area (TPSA) is 42.0 Å². The summed E-state index contributed by atoms with van der Waals surface area (Å²) >= 11 is -0.357. The van der Waals surface area contributed by atoms with Crippen molar-refractivity contribution in [3.63, 3.8) is 0 Å². The number of amides is 1. The van der Waals surface area contributed by atoms with Crippen LogP contribution < -0.4 is 5.32 Å². The minimum Gasteiger partial charge on any atom is -0.352 e. The number of nitrogens with zero attached hydrogens (tertiary/aromatic N) is 1. The number of carbonyl (C=O) groups excluding carboxylic acids is 1. The minimum absolute atomic E-state index is 0.0225. The van der Waals surface area contributed by atoms with Crippen molar-refractivity contribution in [3.05, 3.63) is 23.9 Å². The lowest BCUT2D eigenvalue weighted by Gasteiger charge is -2.11. The number of rotatable bonds is 6. The van der Waals surface area contributed by atoms with E-state index in [0.29, 0.717) is 6.54 Å². The zero-order valence-corrected chi connectivity index (χ0v) is 13.0. The highest BCUT2D eigenvalue weighted by atomic mass is 32.2. The van der Waals surface area contributed by atoms with Crippen molar-refractivity contribution in [2.24, 2.45) is 5.92 Å². The maximum atomic E-state index is 12.5. The van der Waals surface area contributed by atoms with Crippen molar-refractivity contribution in [1.29, 1.82) is 0 Å². The first-order chi connectivity index (χ1) is 10.5. The van der Waals surface area contributed by atoms with Crippen LogP contribution in [0.5, 0.6) is 0 Å². The Bertz CT molecular complexity index is 502. The Kier molecular flexibility index (Phi) is 6.11. The van der Waals surface area contributed by atoms with Gasteiger partial charge >= 0.3 is 5.51 Å². The summed E-state index contributed by atoms with van der Waals surface area (Å²) in [7, 11) is 0. The van der Waals surface area contributed by atoms with Gasteiger partial charge < -0.3 is 5.32 Å². The van der Waals surface area contributed by atoms with Crippen LogP contribution in [0.4, 0.5) is 13.2 Å². The molecule has 7 heteroatoms. The van der Waals surface area contributed by atoms with Gasteiger partial charge in [0.05, 0.1) is 5.56 Å². The fourth-order valence-corrected chi connectivity index (χ4v) is 3.34. The van der Waals surface area contributed by atoms with E-state index in [4.69, 9.17) is 0 Å². The molecule has 1 N–H and O–H groups in total. The Labute approximate surface area is 132 Å². The van der Waals surface area contributed by atoms with E-state index in [1.165, 1.54) is 44.0 Å². The predicted octanol–water partition coefficient (Wildman–Crippen LogP) is 4.39. The van der Waals surface area contributed by atoms with E-state index in [0.717, 1.165) is 18.8 Å². The number of aromatic nitrogens is 1. The van der Waals surface area contributed by atoms with E-state index < -0.39 is 11.4 Å². The first kappa shape index (κ1) is 17.1. The molecule has 1 aliphatic carbocycles. The number of thioether (sulfide) groups is 1. The standard InChI is InChI=1S/C15H19F3N2OS/c16-15(17,18)22-14-12(8-4-10-20-14)13(21)19-9-3-7-11-5-1-2-6-11/h4,8,10-11H,1-3,5-7,9H2,(H,19,21). The number of nitrogens with one attached hydrogen (secondary N) is 1. The second-order valence-electron chi connectivity index (χ2n) is 5.45. The summed E-state index contributed by atoms with van der Waals surface area (Å²) < 4.78 is 37.4. The molecule has 1 saturated carbocycles. The number of alkyl halides is 3. The molecule has 0 bridgehead atoms. The summed E-state index contributed by atoms with van der Waals surface area (Å²) in [4.78, 5) is 15.7. The normalized spacial score (nSPS) is 16.0. The number of hydrogen-bond donors (Lipinski definition) is 1. The SMILES string of the molecule is O=C(NCCCC1CCCC1)c1cccnc1SC(F)(F)F. The molecule has 1 fully saturated rings. The van der Waals surface area contributed by atoms with E-state index in [9.17, 15) is 18.0 Å². The molecule has 0 saturated heterocycles. The second-order valence-corrected chi connectivity index (χ2v) is 6.51. The predicted molar refractivity (Wildman–Crippen MR) is 79.7 cm³/mol. The third-order valence-electron chi connectivity index (χ3n) is 3.78. The summed E-state index contributed by atoms with van der Waals surface area (Å²) in [6.07, 6.45) is 8.25. The molecule has 1 amide bonds. The highest BCUT2D eigenvalue weighted by Crippen LogP contribution is 2.37. The number of pyridine rings is 1. The van der Waals surface area contributed by atoms with Crippen molar-refractivity contribution >= 4 is 17.7 Å². The number of halogens is 3. The first-order valence-corrected chi connectivity index (χ1v) is 8.26. The van der Waals surface area contributed by atoms with Crippen LogP contribution >= 0.6 is 11.8 Å². The molecule has 0 atom stereocenters. The molecular weight excluding hydrogens is 313 g/mol. The number of hydrogen-bond acceptors (Lipinski definition) is 3. The van der Waals surface area contributed by atoms with Crippen LogP contribution in [0.25, 0.3) is 0 Å². The largest absolute Gasteiger partial charge is 0.447 e. The fourth-order valence-electron chi connectivity index (χ4n) is 2.74. The molecule has 1 aliphatic rings. The van der Waals surface area contributed by atoms with Gasteiger partial charge in [-0.15, -0.1) is 0 Å².